The van der Waals surface area contributed by atoms with Crippen LogP contribution in [0.2, 0.25) is 0 Å². The number of carbonyl (C=O) groups is 1. The minimum Gasteiger partial charge on any atom is -0.497 e. The monoisotopic (exact) mass is 404 g/mol. The highest BCUT2D eigenvalue weighted by Crippen LogP contribution is 2.40. The van der Waals surface area contributed by atoms with Crippen molar-refractivity contribution in [1.29, 1.82) is 0 Å². The molecule has 0 N–H and O–H groups in total. The van der Waals surface area contributed by atoms with E-state index in [1.165, 1.54) is 18.4 Å². The maximum Gasteiger partial charge on any atom is 0.289 e. The number of furan rings is 1. The van der Waals surface area contributed by atoms with Crippen LogP contribution in [0.25, 0.3) is 11.0 Å². The van der Waals surface area contributed by atoms with E-state index in [0.29, 0.717) is 5.76 Å². The molecule has 2 aliphatic heterocycles. The van der Waals surface area contributed by atoms with E-state index in [2.05, 4.69) is 23.1 Å². The minimum absolute atomic E-state index is 0.0213. The molecule has 1 atom stereocenters. The second-order valence-electron chi connectivity index (χ2n) is 8.79. The number of methoxy groups -OCH3 is 1. The van der Waals surface area contributed by atoms with Crippen LogP contribution in [0.5, 0.6) is 5.75 Å². The summed E-state index contributed by atoms with van der Waals surface area (Å²) in [4.78, 5) is 17.6. The van der Waals surface area contributed by atoms with Gasteiger partial charge in [-0.25, -0.2) is 0 Å². The molecule has 30 heavy (non-hydrogen) atoms. The van der Waals surface area contributed by atoms with Gasteiger partial charge in [-0.05, 0) is 55.6 Å². The van der Waals surface area contributed by atoms with E-state index in [0.717, 1.165) is 55.9 Å². The zero-order valence-corrected chi connectivity index (χ0v) is 17.5. The van der Waals surface area contributed by atoms with Crippen LogP contribution in [0, 0.1) is 5.41 Å². The van der Waals surface area contributed by atoms with Crippen molar-refractivity contribution in [1.82, 2.24) is 9.80 Å². The normalized spacial score (nSPS) is 22.1. The molecule has 3 aromatic rings. The van der Waals surface area contributed by atoms with Crippen molar-refractivity contribution in [3.05, 3.63) is 65.9 Å². The summed E-state index contributed by atoms with van der Waals surface area (Å²) >= 11 is 0. The molecule has 1 spiro atoms. The molecule has 2 aromatic carbocycles. The fraction of sp³-hybridized carbons (Fsp3) is 0.400. The van der Waals surface area contributed by atoms with Gasteiger partial charge in [-0.2, -0.15) is 0 Å². The predicted octanol–water partition coefficient (Wildman–Crippen LogP) is 4.57. The first-order valence-electron chi connectivity index (χ1n) is 10.8. The van der Waals surface area contributed by atoms with E-state index in [9.17, 15) is 4.79 Å². The van der Waals surface area contributed by atoms with Gasteiger partial charge in [-0.15, -0.1) is 0 Å². The number of hydrogen-bond acceptors (Lipinski definition) is 4. The van der Waals surface area contributed by atoms with Crippen LogP contribution in [0.1, 0.15) is 35.4 Å². The Kier molecular flexibility index (Phi) is 4.99. The van der Waals surface area contributed by atoms with Crippen molar-refractivity contribution in [3.63, 3.8) is 0 Å². The Morgan fingerprint density at radius 3 is 2.83 bits per heavy atom. The molecule has 0 unspecified atom stereocenters. The number of carbonyl (C=O) groups excluding carboxylic acids is 1. The highest BCUT2D eigenvalue weighted by atomic mass is 16.5. The van der Waals surface area contributed by atoms with Gasteiger partial charge in [0.1, 0.15) is 11.3 Å². The number of likely N-dealkylation sites (tertiary alicyclic amines) is 2. The van der Waals surface area contributed by atoms with E-state index < -0.39 is 0 Å². The maximum absolute atomic E-state index is 13.1. The van der Waals surface area contributed by atoms with E-state index in [1.54, 1.807) is 7.11 Å². The summed E-state index contributed by atoms with van der Waals surface area (Å²) in [5.74, 6) is 1.38. The molecule has 0 bridgehead atoms. The van der Waals surface area contributed by atoms with Crippen LogP contribution in [0.3, 0.4) is 0 Å². The lowest BCUT2D eigenvalue weighted by Gasteiger charge is -2.40. The molecule has 1 amide bonds. The van der Waals surface area contributed by atoms with Crippen LogP contribution < -0.4 is 4.74 Å². The van der Waals surface area contributed by atoms with Gasteiger partial charge in [-0.3, -0.25) is 9.69 Å². The molecule has 3 heterocycles. The van der Waals surface area contributed by atoms with Gasteiger partial charge in [-0.1, -0.05) is 30.3 Å². The molecule has 5 nitrogen and oxygen atoms in total. The number of para-hydroxylation sites is 1. The average Bonchev–Trinajstić information content (AvgIpc) is 3.38. The van der Waals surface area contributed by atoms with E-state index in [1.807, 2.05) is 41.3 Å². The lowest BCUT2D eigenvalue weighted by molar-refractivity contribution is 0.0653. The van der Waals surface area contributed by atoms with E-state index in [-0.39, 0.29) is 11.3 Å². The number of ether oxygens (including phenoxy) is 1. The lowest BCUT2D eigenvalue weighted by atomic mass is 9.79. The predicted molar refractivity (Wildman–Crippen MR) is 117 cm³/mol. The number of benzene rings is 2. The van der Waals surface area contributed by atoms with Crippen molar-refractivity contribution >= 4 is 16.9 Å². The second-order valence-corrected chi connectivity index (χ2v) is 8.79. The van der Waals surface area contributed by atoms with Gasteiger partial charge in [0.25, 0.3) is 5.91 Å². The zero-order valence-electron chi connectivity index (χ0n) is 17.5. The summed E-state index contributed by atoms with van der Waals surface area (Å²) in [6, 6.07) is 18.0. The number of rotatable bonds is 4. The Morgan fingerprint density at radius 1 is 1.07 bits per heavy atom. The smallest absolute Gasteiger partial charge is 0.289 e. The van der Waals surface area contributed by atoms with Crippen molar-refractivity contribution in [2.45, 2.75) is 25.8 Å². The Bertz CT molecular complexity index is 1030. The standard InChI is InChI=1S/C25H28N2O3/c1-29-21-8-4-6-19(14-21)16-26-12-5-10-25(17-26)11-13-27(18-25)24(28)23-15-20-7-2-3-9-22(20)30-23/h2-4,6-9,14-15H,5,10-13,16-18H2,1H3/t25-/m0/s1. The third kappa shape index (κ3) is 3.70. The van der Waals surface area contributed by atoms with Gasteiger partial charge in [0.2, 0.25) is 0 Å². The number of nitrogens with zero attached hydrogens (tertiary/aromatic N) is 2. The number of piperidine rings is 1. The van der Waals surface area contributed by atoms with E-state index in [4.69, 9.17) is 9.15 Å². The molecular formula is C25H28N2O3. The fourth-order valence-electron chi connectivity index (χ4n) is 5.16. The molecule has 156 valence electrons. The number of hydrogen-bond donors (Lipinski definition) is 0. The average molecular weight is 405 g/mol. The first-order valence-corrected chi connectivity index (χ1v) is 10.8. The molecule has 2 aliphatic rings. The van der Waals surface area contributed by atoms with Crippen LogP contribution in [-0.4, -0.2) is 49.0 Å². The van der Waals surface area contributed by atoms with Crippen LogP contribution in [0.4, 0.5) is 0 Å². The Labute approximate surface area is 177 Å². The van der Waals surface area contributed by atoms with Crippen LogP contribution in [0.15, 0.2) is 59.0 Å². The van der Waals surface area contributed by atoms with Crippen molar-refractivity contribution in [2.24, 2.45) is 5.41 Å². The van der Waals surface area contributed by atoms with Gasteiger partial charge in [0.15, 0.2) is 5.76 Å². The largest absolute Gasteiger partial charge is 0.497 e. The Balaban J connectivity index is 1.27. The summed E-state index contributed by atoms with van der Waals surface area (Å²) in [6.45, 7) is 4.70. The fourth-order valence-corrected chi connectivity index (χ4v) is 5.16. The Morgan fingerprint density at radius 2 is 1.97 bits per heavy atom. The maximum atomic E-state index is 13.1. The van der Waals surface area contributed by atoms with E-state index >= 15 is 0 Å². The molecule has 1 aromatic heterocycles. The summed E-state index contributed by atoms with van der Waals surface area (Å²) in [5.41, 5.74) is 2.25. The van der Waals surface area contributed by atoms with Gasteiger partial charge >= 0.3 is 0 Å². The highest BCUT2D eigenvalue weighted by Gasteiger charge is 2.43. The number of amides is 1. The molecule has 2 fully saturated rings. The van der Waals surface area contributed by atoms with Gasteiger partial charge < -0.3 is 14.1 Å². The van der Waals surface area contributed by atoms with Crippen molar-refractivity contribution in [2.75, 3.05) is 33.3 Å². The first-order chi connectivity index (χ1) is 14.6. The topological polar surface area (TPSA) is 45.9 Å². The summed E-state index contributed by atoms with van der Waals surface area (Å²) < 4.78 is 11.2. The third-order valence-corrected chi connectivity index (χ3v) is 6.64. The van der Waals surface area contributed by atoms with Gasteiger partial charge in [0, 0.05) is 37.0 Å². The molecule has 5 heteroatoms. The summed E-state index contributed by atoms with van der Waals surface area (Å²) in [5, 5.41) is 0.983. The summed E-state index contributed by atoms with van der Waals surface area (Å²) in [7, 11) is 1.71. The SMILES string of the molecule is COc1cccc(CN2CCC[C@]3(CCN(C(=O)c4cc5ccccc5o4)C3)C2)c1. The van der Waals surface area contributed by atoms with Crippen molar-refractivity contribution in [3.8, 4) is 5.75 Å². The van der Waals surface area contributed by atoms with Gasteiger partial charge in [0.05, 0.1) is 7.11 Å². The molecular weight excluding hydrogens is 376 g/mol. The molecule has 5 rings (SSSR count). The first kappa shape index (κ1) is 19.2. The van der Waals surface area contributed by atoms with Crippen LogP contribution in [-0.2, 0) is 6.54 Å². The molecule has 0 radical (unpaired) electrons. The lowest BCUT2D eigenvalue weighted by Crippen LogP contribution is -2.45. The highest BCUT2D eigenvalue weighted by molar-refractivity contribution is 5.96. The summed E-state index contributed by atoms with van der Waals surface area (Å²) in [6.07, 6.45) is 3.43. The zero-order chi connectivity index (χ0) is 20.6. The quantitative estimate of drug-likeness (QED) is 0.639. The molecule has 0 aliphatic carbocycles. The molecule has 0 saturated carbocycles. The number of fused-ring (bicyclic) bond motifs is 1. The van der Waals surface area contributed by atoms with Crippen LogP contribution >= 0.6 is 0 Å². The third-order valence-electron chi connectivity index (χ3n) is 6.64. The Hall–Kier alpha value is -2.79. The van der Waals surface area contributed by atoms with Crippen molar-refractivity contribution < 1.29 is 13.9 Å². The minimum atomic E-state index is 0.0213. The second kappa shape index (κ2) is 7.80. The molecule has 2 saturated heterocycles.